The van der Waals surface area contributed by atoms with Gasteiger partial charge in [-0.3, -0.25) is 4.79 Å². The van der Waals surface area contributed by atoms with E-state index in [1.54, 1.807) is 11.3 Å². The van der Waals surface area contributed by atoms with Gasteiger partial charge >= 0.3 is 0 Å². The number of hydrogen-bond acceptors (Lipinski definition) is 6. The first-order chi connectivity index (χ1) is 10.8. The number of nitrogens with zero attached hydrogens (tertiary/aromatic N) is 3. The summed E-state index contributed by atoms with van der Waals surface area (Å²) in [5.74, 6) is 1.68. The minimum atomic E-state index is 0.0328. The molecule has 4 heterocycles. The van der Waals surface area contributed by atoms with Crippen LogP contribution in [0.1, 0.15) is 24.6 Å². The molecule has 6 nitrogen and oxygen atoms in total. The van der Waals surface area contributed by atoms with Gasteiger partial charge in [0.15, 0.2) is 5.82 Å². The molecule has 0 unspecified atom stereocenters. The Balaban J connectivity index is 1.43. The molecule has 2 atom stereocenters. The van der Waals surface area contributed by atoms with E-state index < -0.39 is 0 Å². The minimum absolute atomic E-state index is 0.0328. The van der Waals surface area contributed by atoms with E-state index in [9.17, 15) is 4.79 Å². The molecule has 2 aromatic heterocycles. The van der Waals surface area contributed by atoms with Crippen molar-refractivity contribution in [2.75, 3.05) is 26.3 Å². The average molecular weight is 319 g/mol. The van der Waals surface area contributed by atoms with Crippen LogP contribution in [0.25, 0.3) is 11.5 Å². The van der Waals surface area contributed by atoms with Gasteiger partial charge in [0.25, 0.3) is 5.89 Å². The van der Waals surface area contributed by atoms with Crippen LogP contribution in [0.2, 0.25) is 0 Å². The van der Waals surface area contributed by atoms with Crippen molar-refractivity contribution < 1.29 is 14.1 Å². The Bertz CT molecular complexity index is 649. The monoisotopic (exact) mass is 319 g/mol. The van der Waals surface area contributed by atoms with Crippen molar-refractivity contribution in [1.29, 1.82) is 0 Å². The number of rotatable bonds is 3. The molecule has 4 rings (SSSR count). The van der Waals surface area contributed by atoms with Gasteiger partial charge in [-0.1, -0.05) is 5.16 Å². The fourth-order valence-electron chi connectivity index (χ4n) is 3.06. The highest BCUT2D eigenvalue weighted by molar-refractivity contribution is 7.08. The summed E-state index contributed by atoms with van der Waals surface area (Å²) in [5.41, 5.74) is 0.956. The number of thiophene rings is 1. The van der Waals surface area contributed by atoms with E-state index in [-0.39, 0.29) is 17.7 Å². The molecule has 2 saturated heterocycles. The predicted octanol–water partition coefficient (Wildman–Crippen LogP) is 2.15. The number of hydrogen-bond donors (Lipinski definition) is 0. The zero-order chi connectivity index (χ0) is 14.9. The normalized spacial score (nSPS) is 25.0. The second-order valence-electron chi connectivity index (χ2n) is 5.80. The van der Waals surface area contributed by atoms with E-state index in [0.29, 0.717) is 31.5 Å². The van der Waals surface area contributed by atoms with Gasteiger partial charge in [-0.2, -0.15) is 16.3 Å². The van der Waals surface area contributed by atoms with Crippen molar-refractivity contribution in [3.8, 4) is 11.5 Å². The van der Waals surface area contributed by atoms with Gasteiger partial charge in [-0.25, -0.2) is 0 Å². The van der Waals surface area contributed by atoms with Crippen molar-refractivity contribution in [3.63, 3.8) is 0 Å². The van der Waals surface area contributed by atoms with Gasteiger partial charge in [0.1, 0.15) is 0 Å². The topological polar surface area (TPSA) is 68.5 Å². The number of amides is 1. The Morgan fingerprint density at radius 3 is 3.14 bits per heavy atom. The maximum Gasteiger partial charge on any atom is 0.258 e. The molecule has 1 amide bonds. The fraction of sp³-hybridized carbons (Fsp3) is 0.533. The van der Waals surface area contributed by atoms with Crippen LogP contribution in [-0.4, -0.2) is 47.3 Å². The Labute approximate surface area is 132 Å². The molecule has 2 aliphatic heterocycles. The number of ether oxygens (including phenoxy) is 1. The number of aromatic nitrogens is 2. The maximum atomic E-state index is 12.4. The molecule has 7 heteroatoms. The third-order valence-electron chi connectivity index (χ3n) is 4.35. The molecule has 0 radical (unpaired) electrons. The lowest BCUT2D eigenvalue weighted by atomic mass is 10.1. The highest BCUT2D eigenvalue weighted by Crippen LogP contribution is 2.29. The second kappa shape index (κ2) is 5.81. The third kappa shape index (κ3) is 2.55. The quantitative estimate of drug-likeness (QED) is 0.867. The van der Waals surface area contributed by atoms with Crippen molar-refractivity contribution in [3.05, 3.63) is 22.7 Å². The van der Waals surface area contributed by atoms with Crippen LogP contribution in [0.15, 0.2) is 21.3 Å². The van der Waals surface area contributed by atoms with E-state index >= 15 is 0 Å². The third-order valence-corrected chi connectivity index (χ3v) is 5.04. The minimum Gasteiger partial charge on any atom is -0.381 e. The van der Waals surface area contributed by atoms with E-state index in [1.165, 1.54) is 0 Å². The Kier molecular flexibility index (Phi) is 3.67. The Morgan fingerprint density at radius 1 is 1.41 bits per heavy atom. The van der Waals surface area contributed by atoms with Crippen molar-refractivity contribution in [2.45, 2.75) is 18.8 Å². The molecule has 116 valence electrons. The van der Waals surface area contributed by atoms with Gasteiger partial charge in [-0.15, -0.1) is 0 Å². The predicted molar refractivity (Wildman–Crippen MR) is 80.5 cm³/mol. The summed E-state index contributed by atoms with van der Waals surface area (Å²) in [6, 6.07) is 1.96. The van der Waals surface area contributed by atoms with Gasteiger partial charge in [0.05, 0.1) is 18.1 Å². The molecule has 2 fully saturated rings. The van der Waals surface area contributed by atoms with Crippen molar-refractivity contribution >= 4 is 17.2 Å². The first-order valence-electron chi connectivity index (χ1n) is 7.54. The van der Waals surface area contributed by atoms with Crippen molar-refractivity contribution in [2.24, 2.45) is 5.92 Å². The first kappa shape index (κ1) is 13.9. The first-order valence-corrected chi connectivity index (χ1v) is 8.48. The highest BCUT2D eigenvalue weighted by Gasteiger charge is 2.35. The summed E-state index contributed by atoms with van der Waals surface area (Å²) >= 11 is 1.60. The molecule has 2 aliphatic rings. The maximum absolute atomic E-state index is 12.4. The summed E-state index contributed by atoms with van der Waals surface area (Å²) in [5, 5.41) is 8.07. The van der Waals surface area contributed by atoms with Crippen LogP contribution in [0.5, 0.6) is 0 Å². The lowest BCUT2D eigenvalue weighted by Crippen LogP contribution is -2.34. The second-order valence-corrected chi connectivity index (χ2v) is 6.58. The van der Waals surface area contributed by atoms with E-state index in [0.717, 1.165) is 24.9 Å². The summed E-state index contributed by atoms with van der Waals surface area (Å²) in [6.07, 6.45) is 1.73. The molecule has 0 aromatic carbocycles. The van der Waals surface area contributed by atoms with E-state index in [2.05, 4.69) is 10.1 Å². The average Bonchev–Trinajstić information content (AvgIpc) is 3.35. The van der Waals surface area contributed by atoms with Crippen LogP contribution in [0.4, 0.5) is 0 Å². The number of carbonyl (C=O) groups excluding carboxylic acids is 1. The van der Waals surface area contributed by atoms with E-state index in [4.69, 9.17) is 9.26 Å². The van der Waals surface area contributed by atoms with Crippen LogP contribution >= 0.6 is 11.3 Å². The van der Waals surface area contributed by atoms with Crippen LogP contribution in [0.3, 0.4) is 0 Å². The molecule has 0 N–H and O–H groups in total. The van der Waals surface area contributed by atoms with Crippen LogP contribution < -0.4 is 0 Å². The standard InChI is InChI=1S/C15H17N3O3S/c19-15(11-2-5-20-8-11)18-4-1-10(7-18)13-16-14(21-17-13)12-3-6-22-9-12/h3,6,9-11H,1-2,4-5,7-8H2/t10-,11-/m1/s1. The van der Waals surface area contributed by atoms with Crippen LogP contribution in [-0.2, 0) is 9.53 Å². The lowest BCUT2D eigenvalue weighted by molar-refractivity contribution is -0.134. The Hall–Kier alpha value is -1.73. The number of carbonyl (C=O) groups is 1. The molecule has 22 heavy (non-hydrogen) atoms. The lowest BCUT2D eigenvalue weighted by Gasteiger charge is -2.19. The summed E-state index contributed by atoms with van der Waals surface area (Å²) in [7, 11) is 0. The molecule has 0 aliphatic carbocycles. The summed E-state index contributed by atoms with van der Waals surface area (Å²) in [4.78, 5) is 18.8. The van der Waals surface area contributed by atoms with Gasteiger partial charge in [0.2, 0.25) is 5.91 Å². The summed E-state index contributed by atoms with van der Waals surface area (Å²) < 4.78 is 10.6. The highest BCUT2D eigenvalue weighted by atomic mass is 32.1. The van der Waals surface area contributed by atoms with Crippen molar-refractivity contribution in [1.82, 2.24) is 15.0 Å². The molecule has 0 bridgehead atoms. The van der Waals surface area contributed by atoms with Crippen LogP contribution in [0, 0.1) is 5.92 Å². The van der Waals surface area contributed by atoms with E-state index in [1.807, 2.05) is 21.7 Å². The zero-order valence-corrected chi connectivity index (χ0v) is 12.9. The Morgan fingerprint density at radius 2 is 2.36 bits per heavy atom. The zero-order valence-electron chi connectivity index (χ0n) is 12.1. The SMILES string of the molecule is O=C([C@@H]1CCOC1)N1CC[C@@H](c2noc(-c3ccsc3)n2)C1. The van der Waals surface area contributed by atoms with Gasteiger partial charge in [-0.05, 0) is 24.3 Å². The smallest absolute Gasteiger partial charge is 0.258 e. The molecular formula is C15H17N3O3S. The molecular weight excluding hydrogens is 302 g/mol. The molecule has 0 saturated carbocycles. The molecule has 2 aromatic rings. The van der Waals surface area contributed by atoms with Gasteiger partial charge < -0.3 is 14.2 Å². The number of likely N-dealkylation sites (tertiary alicyclic amines) is 1. The van der Waals surface area contributed by atoms with Gasteiger partial charge in [0, 0.05) is 31.0 Å². The fourth-order valence-corrected chi connectivity index (χ4v) is 3.69. The largest absolute Gasteiger partial charge is 0.381 e. The molecule has 0 spiro atoms. The summed E-state index contributed by atoms with van der Waals surface area (Å²) in [6.45, 7) is 2.70.